The third-order valence-corrected chi connectivity index (χ3v) is 5.76. The van der Waals surface area contributed by atoms with E-state index < -0.39 is 0 Å². The van der Waals surface area contributed by atoms with E-state index >= 15 is 0 Å². The van der Waals surface area contributed by atoms with Crippen molar-refractivity contribution in [3.8, 4) is 0 Å². The molecular formula is C25H25N5O. The van der Waals surface area contributed by atoms with Crippen LogP contribution in [0, 0.1) is 6.92 Å². The SMILES string of the molecule is CCc1nc(C)cn2nc(C3=CC(=O)N4C=C(C5=CCNCC5)C=C/C4=C\C=C3)cc12. The molecule has 1 amide bonds. The number of carbonyl (C=O) groups excluding carboxylic acids is 1. The Labute approximate surface area is 181 Å². The molecule has 6 heteroatoms. The molecule has 0 saturated heterocycles. The van der Waals surface area contributed by atoms with E-state index in [-0.39, 0.29) is 5.91 Å². The van der Waals surface area contributed by atoms with E-state index in [0.717, 1.165) is 65.4 Å². The Morgan fingerprint density at radius 1 is 1.19 bits per heavy atom. The Balaban J connectivity index is 1.53. The van der Waals surface area contributed by atoms with Crippen molar-refractivity contribution in [1.82, 2.24) is 24.8 Å². The zero-order valence-electron chi connectivity index (χ0n) is 17.8. The van der Waals surface area contributed by atoms with Gasteiger partial charge in [-0.05, 0) is 55.7 Å². The standard InChI is InChI=1S/C25H25N5O/c1-3-22-24-14-23(28-30(24)15-17(2)27-22)19-5-4-6-21-8-7-20(16-29(21)25(31)13-19)18-9-11-26-12-10-18/h4-9,13-16,26H,3,10-12H2,1-2H3/b5-4?,19-13?,21-6+. The van der Waals surface area contributed by atoms with Gasteiger partial charge in [0.15, 0.2) is 0 Å². The normalized spacial score (nSPS) is 20.5. The lowest BCUT2D eigenvalue weighted by Gasteiger charge is -2.26. The van der Waals surface area contributed by atoms with E-state index in [0.29, 0.717) is 0 Å². The molecule has 0 saturated carbocycles. The van der Waals surface area contributed by atoms with Gasteiger partial charge in [-0.1, -0.05) is 31.2 Å². The molecular weight excluding hydrogens is 386 g/mol. The molecule has 1 N–H and O–H groups in total. The minimum atomic E-state index is -0.0796. The van der Waals surface area contributed by atoms with Gasteiger partial charge in [-0.25, -0.2) is 4.52 Å². The van der Waals surface area contributed by atoms with Gasteiger partial charge < -0.3 is 5.32 Å². The van der Waals surface area contributed by atoms with E-state index in [9.17, 15) is 4.79 Å². The van der Waals surface area contributed by atoms with Crippen LogP contribution in [0.2, 0.25) is 0 Å². The summed E-state index contributed by atoms with van der Waals surface area (Å²) in [5, 5.41) is 8.06. The lowest BCUT2D eigenvalue weighted by atomic mass is 9.97. The number of hydrogen-bond acceptors (Lipinski definition) is 4. The molecule has 31 heavy (non-hydrogen) atoms. The highest BCUT2D eigenvalue weighted by Crippen LogP contribution is 2.28. The molecule has 3 aliphatic rings. The van der Waals surface area contributed by atoms with Crippen molar-refractivity contribution in [2.45, 2.75) is 26.7 Å². The highest BCUT2D eigenvalue weighted by molar-refractivity contribution is 5.99. The maximum absolute atomic E-state index is 13.2. The van der Waals surface area contributed by atoms with E-state index in [2.05, 4.69) is 29.4 Å². The highest BCUT2D eigenvalue weighted by atomic mass is 16.2. The van der Waals surface area contributed by atoms with Crippen molar-refractivity contribution in [3.05, 3.63) is 94.9 Å². The number of aromatic nitrogens is 3. The first-order chi connectivity index (χ1) is 15.1. The molecule has 6 nitrogen and oxygen atoms in total. The van der Waals surface area contributed by atoms with Crippen LogP contribution in [0.5, 0.6) is 0 Å². The predicted molar refractivity (Wildman–Crippen MR) is 122 cm³/mol. The average Bonchev–Trinajstić information content (AvgIpc) is 3.21. The van der Waals surface area contributed by atoms with Gasteiger partial charge in [0.2, 0.25) is 0 Å². The minimum absolute atomic E-state index is 0.0796. The van der Waals surface area contributed by atoms with Crippen LogP contribution in [-0.4, -0.2) is 38.5 Å². The highest BCUT2D eigenvalue weighted by Gasteiger charge is 2.21. The first-order valence-electron chi connectivity index (χ1n) is 10.7. The smallest absolute Gasteiger partial charge is 0.255 e. The number of hydrogen-bond donors (Lipinski definition) is 1. The molecule has 156 valence electrons. The monoisotopic (exact) mass is 411 g/mol. The fourth-order valence-corrected chi connectivity index (χ4v) is 4.16. The molecule has 0 aromatic carbocycles. The maximum atomic E-state index is 13.2. The second-order valence-corrected chi connectivity index (χ2v) is 7.90. The molecule has 2 aromatic rings. The molecule has 0 aliphatic carbocycles. The number of allylic oxidation sites excluding steroid dienone is 7. The first-order valence-corrected chi connectivity index (χ1v) is 10.7. The third kappa shape index (κ3) is 3.70. The summed E-state index contributed by atoms with van der Waals surface area (Å²) in [4.78, 5) is 19.6. The Bertz CT molecular complexity index is 1250. The Morgan fingerprint density at radius 2 is 2.10 bits per heavy atom. The fraction of sp³-hybridized carbons (Fsp3) is 0.240. The van der Waals surface area contributed by atoms with E-state index in [1.807, 2.05) is 54.2 Å². The Kier molecular flexibility index (Phi) is 5.00. The van der Waals surface area contributed by atoms with Crippen molar-refractivity contribution >= 4 is 17.0 Å². The Morgan fingerprint density at radius 3 is 2.90 bits per heavy atom. The number of fused-ring (bicyclic) bond motifs is 2. The zero-order chi connectivity index (χ0) is 21.4. The molecule has 0 fully saturated rings. The summed E-state index contributed by atoms with van der Waals surface area (Å²) in [5.74, 6) is -0.0796. The van der Waals surface area contributed by atoms with E-state index in [1.165, 1.54) is 5.57 Å². The van der Waals surface area contributed by atoms with Crippen LogP contribution in [0.15, 0.2) is 77.8 Å². The van der Waals surface area contributed by atoms with Crippen LogP contribution >= 0.6 is 0 Å². The Hall–Kier alpha value is -3.51. The molecule has 0 unspecified atom stereocenters. The quantitative estimate of drug-likeness (QED) is 0.838. The van der Waals surface area contributed by atoms with Crippen LogP contribution in [0.4, 0.5) is 0 Å². The van der Waals surface area contributed by atoms with Crippen molar-refractivity contribution < 1.29 is 4.79 Å². The van der Waals surface area contributed by atoms with Gasteiger partial charge in [0, 0.05) is 30.1 Å². The molecule has 2 aromatic heterocycles. The third-order valence-electron chi connectivity index (χ3n) is 5.76. The molecule has 0 radical (unpaired) electrons. The lowest BCUT2D eigenvalue weighted by Crippen LogP contribution is -2.27. The molecule has 0 bridgehead atoms. The average molecular weight is 412 g/mol. The number of nitrogens with one attached hydrogen (secondary N) is 1. The van der Waals surface area contributed by atoms with Gasteiger partial charge in [-0.15, -0.1) is 0 Å². The number of carbonyl (C=O) groups is 1. The topological polar surface area (TPSA) is 62.5 Å². The van der Waals surface area contributed by atoms with Crippen LogP contribution in [0.25, 0.3) is 11.1 Å². The minimum Gasteiger partial charge on any atom is -0.313 e. The van der Waals surface area contributed by atoms with Crippen molar-refractivity contribution in [2.75, 3.05) is 13.1 Å². The molecule has 5 rings (SSSR count). The van der Waals surface area contributed by atoms with Gasteiger partial charge in [0.1, 0.15) is 0 Å². The van der Waals surface area contributed by atoms with E-state index in [1.54, 1.807) is 11.0 Å². The second kappa shape index (κ2) is 7.96. The van der Waals surface area contributed by atoms with Crippen LogP contribution < -0.4 is 5.32 Å². The van der Waals surface area contributed by atoms with Gasteiger partial charge in [-0.3, -0.25) is 14.7 Å². The van der Waals surface area contributed by atoms with E-state index in [4.69, 9.17) is 5.10 Å². The summed E-state index contributed by atoms with van der Waals surface area (Å²) in [6.45, 7) is 5.88. The predicted octanol–water partition coefficient (Wildman–Crippen LogP) is 3.64. The van der Waals surface area contributed by atoms with Crippen LogP contribution in [0.1, 0.15) is 30.4 Å². The summed E-state index contributed by atoms with van der Waals surface area (Å²) in [6.07, 6.45) is 19.5. The number of aryl methyl sites for hydroxylation is 2. The summed E-state index contributed by atoms with van der Waals surface area (Å²) >= 11 is 0. The number of rotatable bonds is 3. The fourth-order valence-electron chi connectivity index (χ4n) is 4.16. The summed E-state index contributed by atoms with van der Waals surface area (Å²) in [7, 11) is 0. The number of amides is 1. The molecule has 3 aliphatic heterocycles. The first kappa shape index (κ1) is 19.5. The van der Waals surface area contributed by atoms with Gasteiger partial charge >= 0.3 is 0 Å². The van der Waals surface area contributed by atoms with Gasteiger partial charge in [-0.2, -0.15) is 5.10 Å². The molecule has 0 spiro atoms. The van der Waals surface area contributed by atoms with Gasteiger partial charge in [0.25, 0.3) is 5.91 Å². The summed E-state index contributed by atoms with van der Waals surface area (Å²) in [6, 6.07) is 2.01. The van der Waals surface area contributed by atoms with Gasteiger partial charge in [0.05, 0.1) is 28.8 Å². The molecule has 0 atom stereocenters. The largest absolute Gasteiger partial charge is 0.313 e. The van der Waals surface area contributed by atoms with Crippen molar-refractivity contribution in [3.63, 3.8) is 0 Å². The van der Waals surface area contributed by atoms with Crippen molar-refractivity contribution in [1.29, 1.82) is 0 Å². The second-order valence-electron chi connectivity index (χ2n) is 7.90. The summed E-state index contributed by atoms with van der Waals surface area (Å²) in [5.41, 5.74) is 7.69. The van der Waals surface area contributed by atoms with Crippen molar-refractivity contribution in [2.24, 2.45) is 0 Å². The lowest BCUT2D eigenvalue weighted by molar-refractivity contribution is -0.122. The zero-order valence-corrected chi connectivity index (χ0v) is 17.8. The number of nitrogens with zero attached hydrogens (tertiary/aromatic N) is 4. The summed E-state index contributed by atoms with van der Waals surface area (Å²) < 4.78 is 1.86. The molecule has 5 heterocycles. The maximum Gasteiger partial charge on any atom is 0.255 e. The van der Waals surface area contributed by atoms with Crippen LogP contribution in [0.3, 0.4) is 0 Å². The van der Waals surface area contributed by atoms with Crippen LogP contribution in [-0.2, 0) is 11.2 Å².